The molecule has 0 aliphatic heterocycles. The van der Waals surface area contributed by atoms with Gasteiger partial charge in [0.25, 0.3) is 6.43 Å². The first-order valence-corrected chi connectivity index (χ1v) is 4.20. The predicted octanol–water partition coefficient (Wildman–Crippen LogP) is 3.88. The Morgan fingerprint density at radius 2 is 1.79 bits per heavy atom. The van der Waals surface area contributed by atoms with Crippen LogP contribution in [0.1, 0.15) is 12.0 Å². The Morgan fingerprint density at radius 1 is 1.00 bits per heavy atom. The van der Waals surface area contributed by atoms with E-state index in [4.69, 9.17) is 4.42 Å². The highest BCUT2D eigenvalue weighted by atomic mass is 19.3. The summed E-state index contributed by atoms with van der Waals surface area (Å²) >= 11 is 0. The number of furan rings is 1. The molecule has 0 amide bonds. The van der Waals surface area contributed by atoms with Crippen LogP contribution in [0.3, 0.4) is 0 Å². The molecule has 0 saturated heterocycles. The van der Waals surface area contributed by atoms with Crippen molar-refractivity contribution in [3.63, 3.8) is 0 Å². The summed E-state index contributed by atoms with van der Waals surface area (Å²) in [6.45, 7) is 0. The van der Waals surface area contributed by atoms with E-state index in [-0.39, 0.29) is 5.56 Å². The largest absolute Gasteiger partial charge is 0.464 e. The number of benzene rings is 1. The van der Waals surface area contributed by atoms with Crippen molar-refractivity contribution >= 4 is 0 Å². The van der Waals surface area contributed by atoms with Crippen LogP contribution in [-0.2, 0) is 0 Å². The van der Waals surface area contributed by atoms with E-state index < -0.39 is 6.43 Å². The molecule has 1 aromatic carbocycles. The molecule has 0 saturated carbocycles. The van der Waals surface area contributed by atoms with Gasteiger partial charge in [-0.05, 0) is 12.1 Å². The average molecular weight is 194 g/mol. The van der Waals surface area contributed by atoms with Gasteiger partial charge < -0.3 is 4.42 Å². The van der Waals surface area contributed by atoms with E-state index in [1.807, 2.05) is 0 Å². The van der Waals surface area contributed by atoms with Crippen molar-refractivity contribution in [2.75, 3.05) is 0 Å². The lowest BCUT2D eigenvalue weighted by Crippen LogP contribution is -1.87. The Morgan fingerprint density at radius 3 is 2.43 bits per heavy atom. The molecule has 0 aliphatic rings. The van der Waals surface area contributed by atoms with Gasteiger partial charge >= 0.3 is 0 Å². The van der Waals surface area contributed by atoms with E-state index >= 15 is 0 Å². The maximum absolute atomic E-state index is 12.6. The number of rotatable bonds is 2. The summed E-state index contributed by atoms with van der Waals surface area (Å²) in [6.07, 6.45) is -1.01. The van der Waals surface area contributed by atoms with Gasteiger partial charge in [0.15, 0.2) is 0 Å². The molecule has 1 nitrogen and oxygen atoms in total. The third kappa shape index (κ3) is 1.53. The van der Waals surface area contributed by atoms with Gasteiger partial charge in [0, 0.05) is 11.1 Å². The van der Waals surface area contributed by atoms with E-state index in [1.165, 1.54) is 12.3 Å². The molecule has 0 spiro atoms. The summed E-state index contributed by atoms with van der Waals surface area (Å²) in [6, 6.07) is 9.68. The van der Waals surface area contributed by atoms with E-state index in [9.17, 15) is 8.78 Å². The van der Waals surface area contributed by atoms with Crippen LogP contribution in [0.5, 0.6) is 0 Å². The van der Waals surface area contributed by atoms with Gasteiger partial charge in [0.1, 0.15) is 5.76 Å². The number of hydrogen-bond acceptors (Lipinski definition) is 1. The summed E-state index contributed by atoms with van der Waals surface area (Å²) in [5.41, 5.74) is 0.454. The highest BCUT2D eigenvalue weighted by molar-refractivity contribution is 5.62. The van der Waals surface area contributed by atoms with Crippen LogP contribution in [0.15, 0.2) is 47.1 Å². The van der Waals surface area contributed by atoms with Gasteiger partial charge in [0.05, 0.1) is 6.26 Å². The Hall–Kier alpha value is -1.64. The van der Waals surface area contributed by atoms with Gasteiger partial charge in [-0.3, -0.25) is 0 Å². The quantitative estimate of drug-likeness (QED) is 0.706. The first kappa shape index (κ1) is 8.94. The minimum atomic E-state index is -2.48. The maximum atomic E-state index is 12.6. The fourth-order valence-electron chi connectivity index (χ4n) is 1.34. The highest BCUT2D eigenvalue weighted by Gasteiger charge is 2.14. The zero-order valence-electron chi connectivity index (χ0n) is 7.28. The number of alkyl halides is 2. The van der Waals surface area contributed by atoms with Crippen molar-refractivity contribution in [1.82, 2.24) is 0 Å². The summed E-state index contributed by atoms with van der Waals surface area (Å²) in [4.78, 5) is 0. The van der Waals surface area contributed by atoms with Crippen LogP contribution in [0.4, 0.5) is 8.78 Å². The summed E-state index contributed by atoms with van der Waals surface area (Å²) in [5.74, 6) is 0.473. The molecule has 3 heteroatoms. The van der Waals surface area contributed by atoms with E-state index in [0.717, 1.165) is 0 Å². The van der Waals surface area contributed by atoms with Gasteiger partial charge in [-0.2, -0.15) is 0 Å². The van der Waals surface area contributed by atoms with Crippen molar-refractivity contribution in [3.8, 4) is 11.3 Å². The Bertz CT molecular complexity index is 407. The van der Waals surface area contributed by atoms with Crippen molar-refractivity contribution in [3.05, 3.63) is 48.2 Å². The molecule has 1 heterocycles. The first-order valence-electron chi connectivity index (χ1n) is 4.20. The lowest BCUT2D eigenvalue weighted by Gasteiger charge is -2.05. The SMILES string of the molecule is FC(F)c1ccccc1-c1ccco1. The molecule has 0 bridgehead atoms. The second kappa shape index (κ2) is 3.62. The molecule has 0 atom stereocenters. The zero-order chi connectivity index (χ0) is 9.97. The van der Waals surface area contributed by atoms with E-state index in [1.54, 1.807) is 30.3 Å². The molecule has 2 aromatic rings. The molecular weight excluding hydrogens is 186 g/mol. The third-order valence-electron chi connectivity index (χ3n) is 1.98. The minimum absolute atomic E-state index is 0.00227. The molecule has 0 N–H and O–H groups in total. The normalized spacial score (nSPS) is 10.8. The monoisotopic (exact) mass is 194 g/mol. The van der Waals surface area contributed by atoms with Crippen molar-refractivity contribution in [2.45, 2.75) is 6.43 Å². The Kier molecular flexibility index (Phi) is 2.31. The number of hydrogen-bond donors (Lipinski definition) is 0. The maximum Gasteiger partial charge on any atom is 0.264 e. The van der Waals surface area contributed by atoms with Crippen molar-refractivity contribution < 1.29 is 13.2 Å². The molecule has 1 aromatic heterocycles. The second-order valence-electron chi connectivity index (χ2n) is 2.87. The standard InChI is InChI=1S/C11H8F2O/c12-11(13)9-5-2-1-4-8(9)10-6-3-7-14-10/h1-7,11H. The van der Waals surface area contributed by atoms with E-state index in [2.05, 4.69) is 0 Å². The zero-order valence-corrected chi connectivity index (χ0v) is 7.28. The molecule has 0 radical (unpaired) electrons. The Labute approximate surface area is 80.0 Å². The van der Waals surface area contributed by atoms with Crippen LogP contribution in [0.25, 0.3) is 11.3 Å². The fourth-order valence-corrected chi connectivity index (χ4v) is 1.34. The summed E-state index contributed by atoms with van der Waals surface area (Å²) in [7, 11) is 0. The molecule has 0 unspecified atom stereocenters. The minimum Gasteiger partial charge on any atom is -0.464 e. The summed E-state index contributed by atoms with van der Waals surface area (Å²) in [5, 5.41) is 0. The lowest BCUT2D eigenvalue weighted by atomic mass is 10.1. The Balaban J connectivity index is 2.53. The lowest BCUT2D eigenvalue weighted by molar-refractivity contribution is 0.152. The smallest absolute Gasteiger partial charge is 0.264 e. The highest BCUT2D eigenvalue weighted by Crippen LogP contribution is 2.30. The van der Waals surface area contributed by atoms with Crippen molar-refractivity contribution in [2.24, 2.45) is 0 Å². The van der Waals surface area contributed by atoms with Crippen LogP contribution in [-0.4, -0.2) is 0 Å². The van der Waals surface area contributed by atoms with Crippen LogP contribution in [0.2, 0.25) is 0 Å². The van der Waals surface area contributed by atoms with Crippen LogP contribution in [0, 0.1) is 0 Å². The van der Waals surface area contributed by atoms with Crippen LogP contribution >= 0.6 is 0 Å². The molecular formula is C11H8F2O. The fraction of sp³-hybridized carbons (Fsp3) is 0.0909. The van der Waals surface area contributed by atoms with E-state index in [0.29, 0.717) is 11.3 Å². The molecule has 0 fully saturated rings. The van der Waals surface area contributed by atoms with Gasteiger partial charge in [-0.25, -0.2) is 8.78 Å². The molecule has 14 heavy (non-hydrogen) atoms. The molecule has 2 rings (SSSR count). The molecule has 0 aliphatic carbocycles. The van der Waals surface area contributed by atoms with Gasteiger partial charge in [0.2, 0.25) is 0 Å². The third-order valence-corrected chi connectivity index (χ3v) is 1.98. The first-order chi connectivity index (χ1) is 6.79. The second-order valence-corrected chi connectivity index (χ2v) is 2.87. The predicted molar refractivity (Wildman–Crippen MR) is 49.1 cm³/mol. The average Bonchev–Trinajstić information content (AvgIpc) is 2.70. The topological polar surface area (TPSA) is 13.1 Å². The van der Waals surface area contributed by atoms with Gasteiger partial charge in [-0.1, -0.05) is 24.3 Å². The number of halogens is 2. The van der Waals surface area contributed by atoms with Crippen molar-refractivity contribution in [1.29, 1.82) is 0 Å². The van der Waals surface area contributed by atoms with Gasteiger partial charge in [-0.15, -0.1) is 0 Å². The van der Waals surface area contributed by atoms with Crippen LogP contribution < -0.4 is 0 Å². The summed E-state index contributed by atoms with van der Waals surface area (Å²) < 4.78 is 30.2. The molecule has 72 valence electrons.